The van der Waals surface area contributed by atoms with Gasteiger partial charge in [-0.1, -0.05) is 13.0 Å². The van der Waals surface area contributed by atoms with E-state index in [9.17, 15) is 9.90 Å². The number of hydrazone groups is 1. The highest BCUT2D eigenvalue weighted by Gasteiger charge is 2.48. The number of methoxy groups -OCH3 is 1. The lowest BCUT2D eigenvalue weighted by molar-refractivity contribution is -0.140. The summed E-state index contributed by atoms with van der Waals surface area (Å²) in [6.07, 6.45) is 6.67. The second-order valence-electron chi connectivity index (χ2n) is 8.51. The molecule has 0 radical (unpaired) electrons. The Kier molecular flexibility index (Phi) is 4.62. The fraction of sp³-hybridized carbons (Fsp3) is 0.619. The van der Waals surface area contributed by atoms with Crippen molar-refractivity contribution in [1.29, 1.82) is 0 Å². The number of carbonyl (C=O) groups excluding carboxylic acids is 1. The molecular formula is C21H29N3O3. The van der Waals surface area contributed by atoms with Gasteiger partial charge in [-0.15, -0.1) is 0 Å². The van der Waals surface area contributed by atoms with Gasteiger partial charge in [-0.05, 0) is 44.2 Å². The number of carbonyl (C=O) groups is 1. The molecule has 3 aliphatic rings. The molecule has 2 fully saturated rings. The van der Waals surface area contributed by atoms with E-state index in [4.69, 9.17) is 4.74 Å². The number of hydrogen-bond acceptors (Lipinski definition) is 5. The molecule has 1 amide bonds. The lowest BCUT2D eigenvalue weighted by Crippen LogP contribution is -2.50. The average Bonchev–Trinajstić information content (AvgIpc) is 3.27. The molecule has 27 heavy (non-hydrogen) atoms. The summed E-state index contributed by atoms with van der Waals surface area (Å²) in [5.74, 6) is 1.07. The SMILES string of the molecule is COc1cccc(N2N=CCC2CC2(O)CCN(C(=O)C3(C)CC3)CC2)c1. The number of anilines is 1. The quantitative estimate of drug-likeness (QED) is 0.864. The van der Waals surface area contributed by atoms with Crippen molar-refractivity contribution in [2.45, 2.75) is 57.1 Å². The van der Waals surface area contributed by atoms with Crippen LogP contribution in [-0.4, -0.2) is 54.0 Å². The monoisotopic (exact) mass is 371 g/mol. The topological polar surface area (TPSA) is 65.4 Å². The lowest BCUT2D eigenvalue weighted by atomic mass is 9.84. The fourth-order valence-corrected chi connectivity index (χ4v) is 4.20. The highest BCUT2D eigenvalue weighted by Crippen LogP contribution is 2.47. The Morgan fingerprint density at radius 1 is 1.30 bits per heavy atom. The second kappa shape index (κ2) is 6.82. The van der Waals surface area contributed by atoms with Crippen LogP contribution in [0.3, 0.4) is 0 Å². The maximum absolute atomic E-state index is 12.5. The van der Waals surface area contributed by atoms with Crippen LogP contribution in [0.25, 0.3) is 0 Å². The third-order valence-corrected chi connectivity index (χ3v) is 6.36. The average molecular weight is 371 g/mol. The number of nitrogens with zero attached hydrogens (tertiary/aromatic N) is 3. The van der Waals surface area contributed by atoms with Crippen molar-refractivity contribution < 1.29 is 14.6 Å². The molecule has 1 aromatic carbocycles. The van der Waals surface area contributed by atoms with E-state index >= 15 is 0 Å². The lowest BCUT2D eigenvalue weighted by Gasteiger charge is -2.41. The Morgan fingerprint density at radius 3 is 2.70 bits per heavy atom. The molecule has 1 aromatic rings. The van der Waals surface area contributed by atoms with E-state index in [-0.39, 0.29) is 17.4 Å². The van der Waals surface area contributed by atoms with Crippen LogP contribution < -0.4 is 9.75 Å². The molecule has 6 nitrogen and oxygen atoms in total. The summed E-state index contributed by atoms with van der Waals surface area (Å²) in [6.45, 7) is 3.35. The van der Waals surface area contributed by atoms with Crippen molar-refractivity contribution in [3.63, 3.8) is 0 Å². The van der Waals surface area contributed by atoms with Crippen LogP contribution in [-0.2, 0) is 4.79 Å². The first-order valence-electron chi connectivity index (χ1n) is 9.90. The zero-order valence-electron chi connectivity index (χ0n) is 16.2. The Labute approximate surface area is 160 Å². The second-order valence-corrected chi connectivity index (χ2v) is 8.51. The van der Waals surface area contributed by atoms with Crippen LogP contribution in [0.5, 0.6) is 5.75 Å². The molecule has 2 aliphatic heterocycles. The number of likely N-dealkylation sites (tertiary alicyclic amines) is 1. The first-order valence-corrected chi connectivity index (χ1v) is 9.90. The predicted octanol–water partition coefficient (Wildman–Crippen LogP) is 2.80. The summed E-state index contributed by atoms with van der Waals surface area (Å²) in [5, 5.41) is 17.7. The molecule has 4 rings (SSSR count). The number of benzene rings is 1. The number of ether oxygens (including phenoxy) is 1. The van der Waals surface area contributed by atoms with Gasteiger partial charge in [0.25, 0.3) is 0 Å². The summed E-state index contributed by atoms with van der Waals surface area (Å²) in [7, 11) is 1.66. The van der Waals surface area contributed by atoms with Gasteiger partial charge in [0.05, 0.1) is 24.4 Å². The summed E-state index contributed by atoms with van der Waals surface area (Å²) in [5.41, 5.74) is 0.111. The standard InChI is InChI=1S/C21H29N3O3/c1-20(7-8-20)19(25)23-12-9-21(26,10-13-23)15-17-6-11-22-24(17)16-4-3-5-18(14-16)27-2/h3-5,11,14,17,26H,6-10,12-13,15H2,1-2H3. The Balaban J connectivity index is 1.39. The Bertz CT molecular complexity index is 736. The summed E-state index contributed by atoms with van der Waals surface area (Å²) < 4.78 is 5.32. The smallest absolute Gasteiger partial charge is 0.228 e. The first-order chi connectivity index (χ1) is 12.9. The molecule has 1 saturated heterocycles. The van der Waals surface area contributed by atoms with Crippen molar-refractivity contribution in [2.24, 2.45) is 10.5 Å². The first kappa shape index (κ1) is 18.3. The molecule has 1 N–H and O–H groups in total. The summed E-state index contributed by atoms with van der Waals surface area (Å²) >= 11 is 0. The number of piperidine rings is 1. The number of rotatable bonds is 5. The molecule has 1 saturated carbocycles. The molecule has 1 aliphatic carbocycles. The Hall–Kier alpha value is -2.08. The molecule has 1 atom stereocenters. The van der Waals surface area contributed by atoms with E-state index in [1.807, 2.05) is 40.4 Å². The minimum Gasteiger partial charge on any atom is -0.497 e. The van der Waals surface area contributed by atoms with Gasteiger partial charge in [0.15, 0.2) is 0 Å². The van der Waals surface area contributed by atoms with Gasteiger partial charge in [-0.3, -0.25) is 9.80 Å². The van der Waals surface area contributed by atoms with Crippen molar-refractivity contribution in [1.82, 2.24) is 4.90 Å². The highest BCUT2D eigenvalue weighted by atomic mass is 16.5. The zero-order chi connectivity index (χ0) is 19.1. The van der Waals surface area contributed by atoms with Crippen LogP contribution in [0.2, 0.25) is 0 Å². The van der Waals surface area contributed by atoms with Gasteiger partial charge < -0.3 is 14.7 Å². The maximum Gasteiger partial charge on any atom is 0.228 e. The number of amides is 1. The van der Waals surface area contributed by atoms with E-state index in [1.54, 1.807) is 7.11 Å². The third-order valence-electron chi connectivity index (χ3n) is 6.36. The van der Waals surface area contributed by atoms with Gasteiger partial charge in [0.2, 0.25) is 5.91 Å². The molecule has 0 aromatic heterocycles. The van der Waals surface area contributed by atoms with Crippen LogP contribution in [0, 0.1) is 5.41 Å². The predicted molar refractivity (Wildman–Crippen MR) is 105 cm³/mol. The third kappa shape index (κ3) is 3.68. The summed E-state index contributed by atoms with van der Waals surface area (Å²) in [6, 6.07) is 7.98. The fourth-order valence-electron chi connectivity index (χ4n) is 4.20. The van der Waals surface area contributed by atoms with E-state index in [1.165, 1.54) is 0 Å². The molecule has 1 unspecified atom stereocenters. The van der Waals surface area contributed by atoms with Gasteiger partial charge in [0, 0.05) is 37.2 Å². The van der Waals surface area contributed by atoms with Gasteiger partial charge in [-0.25, -0.2) is 0 Å². The van der Waals surface area contributed by atoms with Crippen LogP contribution in [0.1, 0.15) is 45.4 Å². The van der Waals surface area contributed by atoms with Crippen LogP contribution >= 0.6 is 0 Å². The van der Waals surface area contributed by atoms with E-state index < -0.39 is 5.60 Å². The Morgan fingerprint density at radius 2 is 2.04 bits per heavy atom. The molecule has 0 spiro atoms. The van der Waals surface area contributed by atoms with E-state index in [2.05, 4.69) is 12.0 Å². The highest BCUT2D eigenvalue weighted by molar-refractivity contribution is 5.85. The number of aliphatic hydroxyl groups is 1. The summed E-state index contributed by atoms with van der Waals surface area (Å²) in [4.78, 5) is 14.5. The minimum atomic E-state index is -0.739. The largest absolute Gasteiger partial charge is 0.497 e. The molecule has 6 heteroatoms. The molecule has 2 heterocycles. The minimum absolute atomic E-state index is 0.127. The van der Waals surface area contributed by atoms with Gasteiger partial charge in [0.1, 0.15) is 5.75 Å². The van der Waals surface area contributed by atoms with E-state index in [0.717, 1.165) is 30.7 Å². The van der Waals surface area contributed by atoms with Gasteiger partial charge >= 0.3 is 0 Å². The van der Waals surface area contributed by atoms with Crippen molar-refractivity contribution in [2.75, 3.05) is 25.2 Å². The van der Waals surface area contributed by atoms with Crippen LogP contribution in [0.15, 0.2) is 29.4 Å². The van der Waals surface area contributed by atoms with Crippen molar-refractivity contribution >= 4 is 17.8 Å². The van der Waals surface area contributed by atoms with E-state index in [0.29, 0.717) is 32.4 Å². The number of hydrogen-bond donors (Lipinski definition) is 1. The molecule has 146 valence electrons. The molecule has 0 bridgehead atoms. The van der Waals surface area contributed by atoms with Crippen molar-refractivity contribution in [3.05, 3.63) is 24.3 Å². The van der Waals surface area contributed by atoms with Gasteiger partial charge in [-0.2, -0.15) is 5.10 Å². The zero-order valence-corrected chi connectivity index (χ0v) is 16.2. The normalized spacial score (nSPS) is 25.5. The van der Waals surface area contributed by atoms with Crippen molar-refractivity contribution in [3.8, 4) is 5.75 Å². The van der Waals surface area contributed by atoms with Crippen LogP contribution in [0.4, 0.5) is 5.69 Å². The maximum atomic E-state index is 12.5. The molecular weight excluding hydrogens is 342 g/mol.